The maximum absolute atomic E-state index is 11.7. The number of hydrogen-bond acceptors (Lipinski definition) is 4. The molecule has 0 aromatic carbocycles. The van der Waals surface area contributed by atoms with E-state index in [9.17, 15) is 4.79 Å². The average molecular weight is 246 g/mol. The number of likely N-dealkylation sites (N-methyl/N-ethyl adjacent to an activating group) is 1. The molecular weight excluding hydrogens is 220 g/mol. The van der Waals surface area contributed by atoms with Crippen molar-refractivity contribution in [1.29, 1.82) is 0 Å². The van der Waals surface area contributed by atoms with Gasteiger partial charge in [-0.05, 0) is 40.7 Å². The Hall–Kier alpha value is -0.810. The lowest BCUT2D eigenvalue weighted by Crippen LogP contribution is -2.42. The van der Waals surface area contributed by atoms with E-state index in [1.807, 2.05) is 27.7 Å². The van der Waals surface area contributed by atoms with Gasteiger partial charge in [0.15, 0.2) is 0 Å². The lowest BCUT2D eigenvalue weighted by molar-refractivity contribution is 0.0285. The summed E-state index contributed by atoms with van der Waals surface area (Å²) in [4.78, 5) is 13.2. The van der Waals surface area contributed by atoms with Gasteiger partial charge in [0.1, 0.15) is 5.60 Å². The van der Waals surface area contributed by atoms with Crippen molar-refractivity contribution in [3.63, 3.8) is 0 Å². The Morgan fingerprint density at radius 2 is 2.06 bits per heavy atom. The second kappa shape index (κ2) is 7.50. The number of nitrogens with zero attached hydrogens (tertiary/aromatic N) is 1. The molecule has 0 radical (unpaired) electrons. The molecule has 0 spiro atoms. The number of amides is 1. The Balaban J connectivity index is 3.90. The summed E-state index contributed by atoms with van der Waals surface area (Å²) < 4.78 is 5.25. The molecule has 1 atom stereocenters. The highest BCUT2D eigenvalue weighted by molar-refractivity contribution is 5.67. The number of hydrogen-bond donors (Lipinski definition) is 2. The maximum Gasteiger partial charge on any atom is 0.410 e. The van der Waals surface area contributed by atoms with Gasteiger partial charge in [0, 0.05) is 26.2 Å². The van der Waals surface area contributed by atoms with E-state index in [1.165, 1.54) is 0 Å². The topological polar surface area (TPSA) is 61.8 Å². The van der Waals surface area contributed by atoms with E-state index in [4.69, 9.17) is 9.84 Å². The second-order valence-electron chi connectivity index (χ2n) is 5.29. The second-order valence-corrected chi connectivity index (χ2v) is 5.29. The van der Waals surface area contributed by atoms with Crippen molar-refractivity contribution in [2.24, 2.45) is 0 Å². The number of carbonyl (C=O) groups is 1. The van der Waals surface area contributed by atoms with E-state index in [0.29, 0.717) is 6.54 Å². The maximum atomic E-state index is 11.7. The summed E-state index contributed by atoms with van der Waals surface area (Å²) >= 11 is 0. The molecule has 0 rings (SSSR count). The van der Waals surface area contributed by atoms with Gasteiger partial charge in [-0.3, -0.25) is 0 Å². The third kappa shape index (κ3) is 8.94. The van der Waals surface area contributed by atoms with E-state index >= 15 is 0 Å². The molecule has 0 saturated carbocycles. The SMILES string of the molecule is CC(CN(C)C(=O)OC(C)(C)C)NCCCO. The van der Waals surface area contributed by atoms with Gasteiger partial charge in [-0.25, -0.2) is 4.79 Å². The first-order valence-corrected chi connectivity index (χ1v) is 6.04. The minimum atomic E-state index is -0.459. The molecule has 0 aliphatic rings. The van der Waals surface area contributed by atoms with Crippen LogP contribution in [0.5, 0.6) is 0 Å². The van der Waals surface area contributed by atoms with Crippen molar-refractivity contribution in [1.82, 2.24) is 10.2 Å². The fraction of sp³-hybridized carbons (Fsp3) is 0.917. The molecule has 0 bridgehead atoms. The smallest absolute Gasteiger partial charge is 0.410 e. The van der Waals surface area contributed by atoms with E-state index in [2.05, 4.69) is 5.32 Å². The molecule has 5 nitrogen and oxygen atoms in total. The molecule has 2 N–H and O–H groups in total. The van der Waals surface area contributed by atoms with Crippen molar-refractivity contribution in [3.8, 4) is 0 Å². The number of aliphatic hydroxyl groups is 1. The molecule has 1 unspecified atom stereocenters. The van der Waals surface area contributed by atoms with E-state index < -0.39 is 5.60 Å². The number of carbonyl (C=O) groups excluding carboxylic acids is 1. The molecule has 0 aliphatic carbocycles. The Kier molecular flexibility index (Phi) is 7.15. The van der Waals surface area contributed by atoms with E-state index in [0.717, 1.165) is 13.0 Å². The highest BCUT2D eigenvalue weighted by atomic mass is 16.6. The summed E-state index contributed by atoms with van der Waals surface area (Å²) in [5.74, 6) is 0. The standard InChI is InChI=1S/C12H26N2O3/c1-10(13-7-6-8-15)9-14(5)11(16)17-12(2,3)4/h10,13,15H,6-9H2,1-5H3. The molecule has 5 heteroatoms. The lowest BCUT2D eigenvalue weighted by atomic mass is 10.2. The number of nitrogens with one attached hydrogen (secondary N) is 1. The van der Waals surface area contributed by atoms with Crippen LogP contribution in [0.15, 0.2) is 0 Å². The van der Waals surface area contributed by atoms with Gasteiger partial charge < -0.3 is 20.1 Å². The Labute approximate surface area is 104 Å². The monoisotopic (exact) mass is 246 g/mol. The van der Waals surface area contributed by atoms with Crippen LogP contribution in [0.3, 0.4) is 0 Å². The van der Waals surface area contributed by atoms with Gasteiger partial charge in [0.25, 0.3) is 0 Å². The van der Waals surface area contributed by atoms with Crippen molar-refractivity contribution < 1.29 is 14.6 Å². The number of rotatable bonds is 6. The molecule has 0 aliphatic heterocycles. The summed E-state index contributed by atoms with van der Waals surface area (Å²) in [6.07, 6.45) is 0.411. The molecule has 0 aromatic rings. The largest absolute Gasteiger partial charge is 0.444 e. The fourth-order valence-electron chi connectivity index (χ4n) is 1.32. The van der Waals surface area contributed by atoms with Gasteiger partial charge >= 0.3 is 6.09 Å². The van der Waals surface area contributed by atoms with Crippen LogP contribution in [0.1, 0.15) is 34.1 Å². The summed E-state index contributed by atoms with van der Waals surface area (Å²) in [5.41, 5.74) is -0.459. The zero-order valence-electron chi connectivity index (χ0n) is 11.6. The minimum Gasteiger partial charge on any atom is -0.444 e. The summed E-state index contributed by atoms with van der Waals surface area (Å²) in [5, 5.41) is 11.9. The van der Waals surface area contributed by atoms with Crippen molar-refractivity contribution in [3.05, 3.63) is 0 Å². The third-order valence-electron chi connectivity index (χ3n) is 2.08. The first-order valence-electron chi connectivity index (χ1n) is 6.04. The zero-order chi connectivity index (χ0) is 13.5. The first kappa shape index (κ1) is 16.2. The van der Waals surface area contributed by atoms with Crippen LogP contribution in [0, 0.1) is 0 Å². The zero-order valence-corrected chi connectivity index (χ0v) is 11.6. The van der Waals surface area contributed by atoms with Gasteiger partial charge in [0.2, 0.25) is 0 Å². The Morgan fingerprint density at radius 3 is 2.53 bits per heavy atom. The van der Waals surface area contributed by atoms with Gasteiger partial charge in [-0.15, -0.1) is 0 Å². The molecule has 0 fully saturated rings. The van der Waals surface area contributed by atoms with Crippen LogP contribution in [-0.4, -0.2) is 54.5 Å². The van der Waals surface area contributed by atoms with Gasteiger partial charge in [0.05, 0.1) is 0 Å². The molecule has 17 heavy (non-hydrogen) atoms. The van der Waals surface area contributed by atoms with Crippen LogP contribution in [0.25, 0.3) is 0 Å². The summed E-state index contributed by atoms with van der Waals surface area (Å²) in [6.45, 7) is 9.06. The highest BCUT2D eigenvalue weighted by Gasteiger charge is 2.20. The van der Waals surface area contributed by atoms with Crippen LogP contribution in [-0.2, 0) is 4.74 Å². The van der Waals surface area contributed by atoms with Crippen LogP contribution >= 0.6 is 0 Å². The van der Waals surface area contributed by atoms with Crippen molar-refractivity contribution in [2.75, 3.05) is 26.7 Å². The first-order chi connectivity index (χ1) is 7.76. The van der Waals surface area contributed by atoms with E-state index in [1.54, 1.807) is 11.9 Å². The molecular formula is C12H26N2O3. The molecule has 102 valence electrons. The highest BCUT2D eigenvalue weighted by Crippen LogP contribution is 2.09. The fourth-order valence-corrected chi connectivity index (χ4v) is 1.32. The Bertz CT molecular complexity index is 226. The van der Waals surface area contributed by atoms with Gasteiger partial charge in [-0.2, -0.15) is 0 Å². The van der Waals surface area contributed by atoms with Gasteiger partial charge in [-0.1, -0.05) is 0 Å². The summed E-state index contributed by atoms with van der Waals surface area (Å²) in [6, 6.07) is 0.180. The molecule has 0 aromatic heterocycles. The molecule has 0 saturated heterocycles. The average Bonchev–Trinajstić information content (AvgIpc) is 2.15. The summed E-state index contributed by atoms with van der Waals surface area (Å²) in [7, 11) is 1.72. The number of ether oxygens (including phenoxy) is 1. The van der Waals surface area contributed by atoms with E-state index in [-0.39, 0.29) is 18.7 Å². The quantitative estimate of drug-likeness (QED) is 0.692. The van der Waals surface area contributed by atoms with Crippen LogP contribution in [0.2, 0.25) is 0 Å². The normalized spacial score (nSPS) is 13.3. The van der Waals surface area contributed by atoms with Crippen molar-refractivity contribution in [2.45, 2.75) is 45.8 Å². The minimum absolute atomic E-state index is 0.180. The van der Waals surface area contributed by atoms with Crippen LogP contribution < -0.4 is 5.32 Å². The predicted octanol–water partition coefficient (Wildman–Crippen LogP) is 1.21. The predicted molar refractivity (Wildman–Crippen MR) is 68.0 cm³/mol. The molecule has 0 heterocycles. The van der Waals surface area contributed by atoms with Crippen molar-refractivity contribution >= 4 is 6.09 Å². The Morgan fingerprint density at radius 1 is 1.47 bits per heavy atom. The lowest BCUT2D eigenvalue weighted by Gasteiger charge is -2.26. The van der Waals surface area contributed by atoms with Crippen LogP contribution in [0.4, 0.5) is 4.79 Å². The number of aliphatic hydroxyl groups excluding tert-OH is 1. The molecule has 1 amide bonds. The third-order valence-corrected chi connectivity index (χ3v) is 2.08.